The van der Waals surface area contributed by atoms with Crippen molar-refractivity contribution in [3.63, 3.8) is 0 Å². The fraction of sp³-hybridized carbons (Fsp3) is 0.418. The summed E-state index contributed by atoms with van der Waals surface area (Å²) in [5.74, 6) is 4.90. The average molecular weight is 1670 g/mol. The van der Waals surface area contributed by atoms with Crippen LogP contribution in [0.15, 0.2) is 173 Å². The fourth-order valence-electron chi connectivity index (χ4n) is 12.4. The number of nitrogens with zero attached hydrogens (tertiary/aromatic N) is 10. The molecule has 34 heteroatoms. The molecule has 4 aliphatic heterocycles. The van der Waals surface area contributed by atoms with Gasteiger partial charge < -0.3 is 54.4 Å². The number of piperidine rings is 3. The number of sulfonamides is 2. The number of likely N-dealkylation sites (tertiary alicyclic amines) is 1. The van der Waals surface area contributed by atoms with Crippen molar-refractivity contribution in [1.82, 2.24) is 43.4 Å². The van der Waals surface area contributed by atoms with Gasteiger partial charge in [-0.2, -0.15) is 8.61 Å². The van der Waals surface area contributed by atoms with Crippen molar-refractivity contribution in [2.75, 3.05) is 77.3 Å². The number of carbonyl (C=O) groups excluding carboxylic acids is 4. The Labute approximate surface area is 680 Å². The van der Waals surface area contributed by atoms with E-state index >= 15 is 0 Å². The van der Waals surface area contributed by atoms with Crippen molar-refractivity contribution in [2.24, 2.45) is 0 Å². The standard InChI is InChI=1S/C27H33N5O4S3.C27H33N5O4S.C25H31N5O4S3/c1-5-24(33)32-12-10-18-13-20(8-9-21(18)32)39(34,35)31-11-6-7-19(16-31)30-26-29-15-25(38-26)37-17-23-28-14-22(36-23)27(2,3)4;1-5-23(33)30-19-10-8-18(9-11-19)25(34)32-12-6-7-20(15-32)31-26-29-13-21(37-26)16-35-17-24-28-14-22(36-24)27(2,3)4;1-5-21(31)28-17-8-10-19(11-9-17)37(32,33)30-12-6-7-18(15-30)29-24-27-14-23(36-24)35-16-22-26-13-20(34-22)25(2,3)4/h5,8-9,13-15,19H,1,6-7,10-12,16-17H2,2-4H3,(H,29,30);5,8-11,13-14,20H,1,6-7,12,15-17H2,2-4H3,(H,29,31)(H,30,33);5,8-11,13-14,18H,1,6-7,12,15-16H2,2-4H3,(H,27,29)(H,28,31)/t19-;20-;18-/m111/s1. The number of carbonyl (C=O) groups is 4. The lowest BCUT2D eigenvalue weighted by molar-refractivity contribution is -0.114. The second kappa shape index (κ2) is 37.6. The van der Waals surface area contributed by atoms with E-state index in [4.69, 9.17) is 18.0 Å². The smallest absolute Gasteiger partial charge is 0.253 e. The first kappa shape index (κ1) is 85.1. The SMILES string of the molecule is C=CC(=O)N1CCc2cc(S(=O)(=O)N3CCC[C@@H](Nc4ncc(SCc5ncc(C(C)(C)C)o5)s4)C3)ccc21.C=CC(=O)Nc1ccc(C(=O)N2CCC[C@@H](Nc3ncc(COCc4ncc(C(C)(C)C)o4)s3)C2)cc1.C=CC(=O)Nc1ccc(S(=O)(=O)N2CCC[C@@H](Nc3ncc(SCc4ncc(C(C)(C)C)o4)s3)C2)cc1. The van der Waals surface area contributed by atoms with Crippen LogP contribution in [0.4, 0.5) is 32.5 Å². The van der Waals surface area contributed by atoms with Crippen LogP contribution < -0.4 is 31.5 Å². The van der Waals surface area contributed by atoms with E-state index in [0.717, 1.165) is 102 Å². The molecule has 5 N–H and O–H groups in total. The van der Waals surface area contributed by atoms with E-state index in [1.54, 1.807) is 129 Å². The average Bonchev–Trinajstić information content (AvgIpc) is 1.77. The summed E-state index contributed by atoms with van der Waals surface area (Å²) < 4.78 is 81.9. The molecule has 13 rings (SSSR count). The number of hydrogen-bond donors (Lipinski definition) is 5. The van der Waals surface area contributed by atoms with Gasteiger partial charge in [0.1, 0.15) is 23.9 Å². The Morgan fingerprint density at radius 2 is 0.982 bits per heavy atom. The number of thiazole rings is 3. The largest absolute Gasteiger partial charge is 0.444 e. The van der Waals surface area contributed by atoms with Crippen LogP contribution in [0.2, 0.25) is 0 Å². The minimum absolute atomic E-state index is 0.0255. The first-order valence-corrected chi connectivity index (χ1v) is 44.4. The van der Waals surface area contributed by atoms with E-state index in [9.17, 15) is 36.0 Å². The van der Waals surface area contributed by atoms with Crippen LogP contribution in [0, 0.1) is 0 Å². The molecule has 0 spiro atoms. The highest BCUT2D eigenvalue weighted by molar-refractivity contribution is 8.00. The van der Waals surface area contributed by atoms with Gasteiger partial charge in [-0.25, -0.2) is 46.7 Å². The van der Waals surface area contributed by atoms with Gasteiger partial charge in [-0.3, -0.25) is 19.2 Å². The number of fused-ring (bicyclic) bond motifs is 1. The molecule has 0 aliphatic carbocycles. The van der Waals surface area contributed by atoms with Crippen molar-refractivity contribution >= 4 is 134 Å². The summed E-state index contributed by atoms with van der Waals surface area (Å²) in [7, 11) is -7.32. The van der Waals surface area contributed by atoms with Crippen molar-refractivity contribution in [1.29, 1.82) is 0 Å². The molecule has 4 aliphatic rings. The van der Waals surface area contributed by atoms with Crippen LogP contribution in [0.3, 0.4) is 0 Å². The maximum Gasteiger partial charge on any atom is 0.253 e. The molecule has 0 unspecified atom stereocenters. The van der Waals surface area contributed by atoms with Gasteiger partial charge in [0.2, 0.25) is 55.4 Å². The highest BCUT2D eigenvalue weighted by Crippen LogP contribution is 2.38. The second-order valence-corrected chi connectivity index (χ2v) is 40.0. The molecule has 3 atom stereocenters. The lowest BCUT2D eigenvalue weighted by Gasteiger charge is -2.33. The Kier molecular flexibility index (Phi) is 28.3. The maximum atomic E-state index is 13.5. The molecule has 6 aromatic heterocycles. The number of thioether (sulfide) groups is 2. The monoisotopic (exact) mass is 1670 g/mol. The summed E-state index contributed by atoms with van der Waals surface area (Å²) in [6, 6.07) is 18.1. The predicted octanol–water partition coefficient (Wildman–Crippen LogP) is 15.2. The van der Waals surface area contributed by atoms with Crippen LogP contribution in [0.1, 0.15) is 157 Å². The number of hydrogen-bond acceptors (Lipinski definition) is 26. The Morgan fingerprint density at radius 1 is 0.531 bits per heavy atom. The Hall–Kier alpha value is -8.84. The summed E-state index contributed by atoms with van der Waals surface area (Å²) in [6.07, 6.45) is 20.1. The lowest BCUT2D eigenvalue weighted by atomic mass is 9.94. The zero-order valence-corrected chi connectivity index (χ0v) is 70.6. The molecule has 3 saturated heterocycles. The van der Waals surface area contributed by atoms with Crippen molar-refractivity contribution in [2.45, 2.75) is 185 Å². The van der Waals surface area contributed by atoms with E-state index in [1.165, 1.54) is 39.9 Å². The Bertz CT molecular complexity index is 5030. The summed E-state index contributed by atoms with van der Waals surface area (Å²) in [5, 5.41) is 18.0. The third-order valence-corrected chi connectivity index (χ3v) is 27.4. The molecule has 3 fully saturated rings. The predicted molar refractivity (Wildman–Crippen MR) is 446 cm³/mol. The summed E-state index contributed by atoms with van der Waals surface area (Å²) in [6.45, 7) is 33.4. The third-order valence-electron chi connectivity index (χ3n) is 18.6. The van der Waals surface area contributed by atoms with Gasteiger partial charge in [0.15, 0.2) is 15.4 Å². The number of aromatic nitrogens is 6. The molecule has 0 bridgehead atoms. The fourth-order valence-corrected chi connectivity index (χ4v) is 19.9. The van der Waals surface area contributed by atoms with Crippen LogP contribution in [-0.2, 0) is 86.6 Å². The first-order valence-electron chi connectivity index (χ1n) is 37.1. The summed E-state index contributed by atoms with van der Waals surface area (Å²) in [5.41, 5.74) is 3.11. The highest BCUT2D eigenvalue weighted by Gasteiger charge is 2.35. The number of amides is 4. The van der Waals surface area contributed by atoms with Gasteiger partial charge in [0.25, 0.3) is 5.91 Å². The molecule has 3 aromatic carbocycles. The van der Waals surface area contributed by atoms with Crippen LogP contribution in [0.5, 0.6) is 0 Å². The number of anilines is 6. The first-order chi connectivity index (χ1) is 53.8. The molecule has 113 heavy (non-hydrogen) atoms. The van der Waals surface area contributed by atoms with Crippen molar-refractivity contribution in [3.8, 4) is 0 Å². The normalized spacial score (nSPS) is 17.0. The van der Waals surface area contributed by atoms with E-state index < -0.39 is 20.0 Å². The number of oxazole rings is 3. The molecule has 0 saturated carbocycles. The van der Waals surface area contributed by atoms with E-state index in [2.05, 4.69) is 139 Å². The van der Waals surface area contributed by atoms with Gasteiger partial charge in [0, 0.05) is 109 Å². The second-order valence-electron chi connectivity index (χ2n) is 30.4. The van der Waals surface area contributed by atoms with Crippen LogP contribution in [-0.4, -0.2) is 148 Å². The van der Waals surface area contributed by atoms with Gasteiger partial charge in [-0.15, -0.1) is 23.5 Å². The Balaban J connectivity index is 0.000000167. The van der Waals surface area contributed by atoms with Gasteiger partial charge >= 0.3 is 0 Å². The van der Waals surface area contributed by atoms with Crippen LogP contribution in [0.25, 0.3) is 0 Å². The molecule has 4 amide bonds. The van der Waals surface area contributed by atoms with Crippen molar-refractivity contribution in [3.05, 3.63) is 193 Å². The molecular formula is C79H97N15O12S7. The molecule has 0 radical (unpaired) electrons. The number of rotatable bonds is 26. The minimum atomic E-state index is -3.66. The molecule has 27 nitrogen and oxygen atoms in total. The van der Waals surface area contributed by atoms with E-state index in [-0.39, 0.29) is 67.8 Å². The topological polar surface area (TPSA) is 336 Å². The van der Waals surface area contributed by atoms with Crippen LogP contribution >= 0.6 is 57.5 Å². The summed E-state index contributed by atoms with van der Waals surface area (Å²) in [4.78, 5) is 79.5. The van der Waals surface area contributed by atoms with Gasteiger partial charge in [-0.1, -0.05) is 116 Å². The summed E-state index contributed by atoms with van der Waals surface area (Å²) >= 11 is 7.85. The highest BCUT2D eigenvalue weighted by atomic mass is 32.2. The lowest BCUT2D eigenvalue weighted by Crippen LogP contribution is -2.45. The quantitative estimate of drug-likeness (QED) is 0.0248. The Morgan fingerprint density at radius 3 is 1.48 bits per heavy atom. The third kappa shape index (κ3) is 23.2. The maximum absolute atomic E-state index is 13.5. The van der Waals surface area contributed by atoms with E-state index in [1.807, 2.05) is 23.5 Å². The number of benzene rings is 3. The number of nitrogens with one attached hydrogen (secondary N) is 5. The zero-order valence-electron chi connectivity index (χ0n) is 64.9. The van der Waals surface area contributed by atoms with Gasteiger partial charge in [-0.05, 0) is 135 Å². The van der Waals surface area contributed by atoms with Gasteiger partial charge in [0.05, 0.1) is 72.2 Å². The molecule has 10 heterocycles. The number of ether oxygens (including phenoxy) is 1. The zero-order chi connectivity index (χ0) is 80.8. The molecule has 602 valence electrons. The minimum Gasteiger partial charge on any atom is -0.444 e. The van der Waals surface area contributed by atoms with E-state index in [0.29, 0.717) is 112 Å². The van der Waals surface area contributed by atoms with Crippen molar-refractivity contribution < 1.29 is 54.0 Å². The molecule has 9 aromatic rings. The molecular weight excluding hydrogens is 1580 g/mol.